The molecule has 0 bridgehead atoms. The van der Waals surface area contributed by atoms with Crippen molar-refractivity contribution in [3.8, 4) is 11.5 Å². The molecule has 0 atom stereocenters. The second-order valence-corrected chi connectivity index (χ2v) is 4.63. The zero-order valence-corrected chi connectivity index (χ0v) is 12.3. The van der Waals surface area contributed by atoms with Gasteiger partial charge in [0.1, 0.15) is 19.7 Å². The second kappa shape index (κ2) is 7.50. The number of ether oxygens (including phenoxy) is 2. The maximum absolute atomic E-state index is 11.3. The molecule has 0 aliphatic carbocycles. The van der Waals surface area contributed by atoms with Crippen LogP contribution in [0, 0.1) is 0 Å². The summed E-state index contributed by atoms with van der Waals surface area (Å²) < 4.78 is 16.2. The highest BCUT2D eigenvalue weighted by atomic mass is 16.5. The first-order chi connectivity index (χ1) is 10.2. The predicted octanol–water partition coefficient (Wildman–Crippen LogP) is 1.63. The SMILES string of the molecule is COc1cc(C(C)=O)ccc1OCC[NH2+]Cc1ccco1. The molecule has 2 N–H and O–H groups in total. The minimum absolute atomic E-state index is 0.00614. The van der Waals surface area contributed by atoms with Crippen LogP contribution in [0.15, 0.2) is 41.0 Å². The molecule has 0 saturated heterocycles. The smallest absolute Gasteiger partial charge is 0.161 e. The Hall–Kier alpha value is -2.27. The summed E-state index contributed by atoms with van der Waals surface area (Å²) >= 11 is 0. The van der Waals surface area contributed by atoms with Crippen molar-refractivity contribution in [2.75, 3.05) is 20.3 Å². The normalized spacial score (nSPS) is 10.4. The maximum atomic E-state index is 11.3. The summed E-state index contributed by atoms with van der Waals surface area (Å²) in [4.78, 5) is 11.3. The lowest BCUT2D eigenvalue weighted by Crippen LogP contribution is -2.83. The Kier molecular flexibility index (Phi) is 5.40. The van der Waals surface area contributed by atoms with E-state index in [0.29, 0.717) is 23.7 Å². The van der Waals surface area contributed by atoms with Crippen LogP contribution in [0.1, 0.15) is 23.0 Å². The molecule has 0 spiro atoms. The van der Waals surface area contributed by atoms with E-state index in [1.54, 1.807) is 31.6 Å². The van der Waals surface area contributed by atoms with E-state index in [4.69, 9.17) is 13.9 Å². The molecule has 1 aromatic carbocycles. The van der Waals surface area contributed by atoms with Gasteiger partial charge in [-0.1, -0.05) is 0 Å². The van der Waals surface area contributed by atoms with E-state index >= 15 is 0 Å². The molecule has 21 heavy (non-hydrogen) atoms. The van der Waals surface area contributed by atoms with Gasteiger partial charge in [-0.25, -0.2) is 0 Å². The molecule has 5 nitrogen and oxygen atoms in total. The largest absolute Gasteiger partial charge is 0.493 e. The van der Waals surface area contributed by atoms with Gasteiger partial charge in [0.05, 0.1) is 13.4 Å². The average molecular weight is 290 g/mol. The summed E-state index contributed by atoms with van der Waals surface area (Å²) in [7, 11) is 1.56. The van der Waals surface area contributed by atoms with Gasteiger partial charge in [0.15, 0.2) is 23.0 Å². The van der Waals surface area contributed by atoms with Crippen LogP contribution in [0.25, 0.3) is 0 Å². The molecular formula is C16H20NO4+. The molecule has 0 fully saturated rings. The van der Waals surface area contributed by atoms with E-state index in [9.17, 15) is 4.79 Å². The van der Waals surface area contributed by atoms with Gasteiger partial charge in [0.2, 0.25) is 0 Å². The Morgan fingerprint density at radius 2 is 2.14 bits per heavy atom. The Labute approximate surface area is 123 Å². The van der Waals surface area contributed by atoms with Gasteiger partial charge in [-0.15, -0.1) is 0 Å². The quantitative estimate of drug-likeness (QED) is 0.593. The Balaban J connectivity index is 1.81. The topological polar surface area (TPSA) is 65.3 Å². The number of nitrogens with two attached hydrogens (primary N) is 1. The van der Waals surface area contributed by atoms with Crippen LogP contribution >= 0.6 is 0 Å². The van der Waals surface area contributed by atoms with E-state index in [1.807, 2.05) is 12.1 Å². The molecule has 1 heterocycles. The summed E-state index contributed by atoms with van der Waals surface area (Å²) in [5, 5.41) is 2.11. The molecule has 0 saturated carbocycles. The second-order valence-electron chi connectivity index (χ2n) is 4.63. The summed E-state index contributed by atoms with van der Waals surface area (Å²) in [6.07, 6.45) is 1.67. The number of ketones is 1. The van der Waals surface area contributed by atoms with Gasteiger partial charge >= 0.3 is 0 Å². The minimum Gasteiger partial charge on any atom is -0.493 e. The van der Waals surface area contributed by atoms with Crippen LogP contribution in [0.2, 0.25) is 0 Å². The van der Waals surface area contributed by atoms with Crippen molar-refractivity contribution in [1.82, 2.24) is 0 Å². The molecule has 0 amide bonds. The van der Waals surface area contributed by atoms with E-state index < -0.39 is 0 Å². The first-order valence-corrected chi connectivity index (χ1v) is 6.86. The monoisotopic (exact) mass is 290 g/mol. The van der Waals surface area contributed by atoms with Crippen molar-refractivity contribution in [1.29, 1.82) is 0 Å². The number of hydrogen-bond acceptors (Lipinski definition) is 4. The number of rotatable bonds is 8. The van der Waals surface area contributed by atoms with Crippen molar-refractivity contribution in [3.63, 3.8) is 0 Å². The Morgan fingerprint density at radius 3 is 2.81 bits per heavy atom. The molecule has 0 aliphatic heterocycles. The molecule has 0 aliphatic rings. The molecule has 0 radical (unpaired) electrons. The zero-order valence-electron chi connectivity index (χ0n) is 12.3. The zero-order chi connectivity index (χ0) is 15.1. The van der Waals surface area contributed by atoms with E-state index in [-0.39, 0.29) is 5.78 Å². The predicted molar refractivity (Wildman–Crippen MR) is 77.7 cm³/mol. The van der Waals surface area contributed by atoms with Gasteiger partial charge < -0.3 is 19.2 Å². The summed E-state index contributed by atoms with van der Waals surface area (Å²) in [5.41, 5.74) is 0.614. The molecule has 2 rings (SSSR count). The van der Waals surface area contributed by atoms with E-state index in [1.165, 1.54) is 6.92 Å². The first-order valence-electron chi connectivity index (χ1n) is 6.86. The number of furan rings is 1. The van der Waals surface area contributed by atoms with Crippen LogP contribution in [-0.4, -0.2) is 26.0 Å². The molecule has 2 aromatic rings. The summed E-state index contributed by atoms with van der Waals surface area (Å²) in [6.45, 7) is 3.67. The van der Waals surface area contributed by atoms with Gasteiger partial charge in [0.25, 0.3) is 0 Å². The summed E-state index contributed by atoms with van der Waals surface area (Å²) in [6, 6.07) is 9.03. The highest BCUT2D eigenvalue weighted by Crippen LogP contribution is 2.28. The van der Waals surface area contributed by atoms with Crippen LogP contribution < -0.4 is 14.8 Å². The van der Waals surface area contributed by atoms with E-state index in [2.05, 4.69) is 5.32 Å². The Morgan fingerprint density at radius 1 is 1.29 bits per heavy atom. The summed E-state index contributed by atoms with van der Waals surface area (Å²) in [5.74, 6) is 2.17. The number of benzene rings is 1. The van der Waals surface area contributed by atoms with Crippen LogP contribution in [0.4, 0.5) is 0 Å². The number of quaternary nitrogens is 1. The first kappa shape index (κ1) is 15.1. The minimum atomic E-state index is 0.00614. The van der Waals surface area contributed by atoms with Gasteiger partial charge in [-0.05, 0) is 37.3 Å². The van der Waals surface area contributed by atoms with Gasteiger partial charge in [-0.3, -0.25) is 4.79 Å². The molecule has 0 unspecified atom stereocenters. The molecule has 1 aromatic heterocycles. The fourth-order valence-corrected chi connectivity index (χ4v) is 1.93. The van der Waals surface area contributed by atoms with Crippen LogP contribution in [0.5, 0.6) is 11.5 Å². The fourth-order valence-electron chi connectivity index (χ4n) is 1.93. The van der Waals surface area contributed by atoms with Crippen molar-refractivity contribution in [2.45, 2.75) is 13.5 Å². The average Bonchev–Trinajstić information content (AvgIpc) is 3.00. The highest BCUT2D eigenvalue weighted by molar-refractivity contribution is 5.94. The number of hydrogen-bond donors (Lipinski definition) is 1. The van der Waals surface area contributed by atoms with Crippen LogP contribution in [0.3, 0.4) is 0 Å². The number of Topliss-reactive ketones (excluding diaryl/α,β-unsaturated/α-hetero) is 1. The Bertz CT molecular complexity index is 578. The van der Waals surface area contributed by atoms with Gasteiger partial charge in [-0.2, -0.15) is 0 Å². The van der Waals surface area contributed by atoms with Crippen molar-refractivity contribution in [2.24, 2.45) is 0 Å². The molecule has 5 heteroatoms. The molecule has 112 valence electrons. The third kappa shape index (κ3) is 4.36. The number of carbonyl (C=O) groups is 1. The molecular weight excluding hydrogens is 270 g/mol. The van der Waals surface area contributed by atoms with Crippen LogP contribution in [-0.2, 0) is 6.54 Å². The van der Waals surface area contributed by atoms with Crippen molar-refractivity contribution < 1.29 is 24.0 Å². The highest BCUT2D eigenvalue weighted by Gasteiger charge is 2.08. The fraction of sp³-hybridized carbons (Fsp3) is 0.312. The maximum Gasteiger partial charge on any atom is 0.161 e. The lowest BCUT2D eigenvalue weighted by Gasteiger charge is -2.11. The van der Waals surface area contributed by atoms with Crippen molar-refractivity contribution in [3.05, 3.63) is 47.9 Å². The number of carbonyl (C=O) groups excluding carboxylic acids is 1. The standard InChI is InChI=1S/C16H19NO4/c1-12(18)13-5-6-15(16(10-13)19-2)21-9-7-17-11-14-4-3-8-20-14/h3-6,8,10,17H,7,9,11H2,1-2H3/p+1. The third-order valence-corrected chi connectivity index (χ3v) is 3.08. The van der Waals surface area contributed by atoms with Crippen molar-refractivity contribution >= 4 is 5.78 Å². The third-order valence-electron chi connectivity index (χ3n) is 3.08. The van der Waals surface area contributed by atoms with Gasteiger partial charge in [0, 0.05) is 5.56 Å². The van der Waals surface area contributed by atoms with E-state index in [0.717, 1.165) is 18.8 Å². The number of methoxy groups -OCH3 is 1. The lowest BCUT2D eigenvalue weighted by molar-refractivity contribution is -0.672. The lowest BCUT2D eigenvalue weighted by atomic mass is 10.1.